The summed E-state index contributed by atoms with van der Waals surface area (Å²) in [7, 11) is 0. The van der Waals surface area contributed by atoms with Crippen LogP contribution in [0.15, 0.2) is 0 Å². The van der Waals surface area contributed by atoms with Crippen LogP contribution in [0.25, 0.3) is 0 Å². The second kappa shape index (κ2) is 7.30. The van der Waals surface area contributed by atoms with E-state index in [1.54, 1.807) is 0 Å². The third-order valence-electron chi connectivity index (χ3n) is 1.88. The lowest BCUT2D eigenvalue weighted by Gasteiger charge is -2.27. The van der Waals surface area contributed by atoms with Gasteiger partial charge < -0.3 is 16.2 Å². The zero-order valence-corrected chi connectivity index (χ0v) is 9.92. The lowest BCUT2D eigenvalue weighted by atomic mass is 9.91. The van der Waals surface area contributed by atoms with E-state index in [-0.39, 0.29) is 11.8 Å². The number of rotatable bonds is 4. The summed E-state index contributed by atoms with van der Waals surface area (Å²) in [5, 5.41) is 0. The quantitative estimate of drug-likeness (QED) is 0.663. The maximum absolute atomic E-state index is 5.84. The van der Waals surface area contributed by atoms with Gasteiger partial charge in [0.2, 0.25) is 0 Å². The minimum atomic E-state index is -0.195. The van der Waals surface area contributed by atoms with E-state index in [0.29, 0.717) is 12.5 Å². The molecule has 2 atom stereocenters. The van der Waals surface area contributed by atoms with Crippen molar-refractivity contribution in [1.82, 2.24) is 0 Å². The van der Waals surface area contributed by atoms with Gasteiger partial charge in [-0.3, -0.25) is 0 Å². The summed E-state index contributed by atoms with van der Waals surface area (Å²) < 4.78 is 5.23. The predicted molar refractivity (Wildman–Crippen MR) is 58.4 cm³/mol. The summed E-state index contributed by atoms with van der Waals surface area (Å²) in [4.78, 5) is 0. The van der Waals surface area contributed by atoms with Crippen molar-refractivity contribution in [2.45, 2.75) is 53.3 Å². The van der Waals surface area contributed by atoms with Crippen LogP contribution in [-0.2, 0) is 4.74 Å². The highest BCUT2D eigenvalue weighted by molar-refractivity contribution is 4.78. The summed E-state index contributed by atoms with van der Waals surface area (Å²) in [6.07, 6.45) is -0.195. The molecule has 0 saturated carbocycles. The molecule has 0 saturated heterocycles. The van der Waals surface area contributed by atoms with Gasteiger partial charge in [-0.15, -0.1) is 0 Å². The van der Waals surface area contributed by atoms with Crippen molar-refractivity contribution in [2.75, 3.05) is 6.61 Å². The van der Waals surface area contributed by atoms with E-state index in [2.05, 4.69) is 6.92 Å². The molecular formula is C10H26N2O. The van der Waals surface area contributed by atoms with Gasteiger partial charge in [-0.05, 0) is 26.7 Å². The number of hydrogen-bond donors (Lipinski definition) is 2. The van der Waals surface area contributed by atoms with Crippen LogP contribution in [0.3, 0.4) is 0 Å². The maximum Gasteiger partial charge on any atom is 0.102 e. The normalized spacial score (nSPS) is 15.7. The smallest absolute Gasteiger partial charge is 0.102 e. The van der Waals surface area contributed by atoms with Crippen LogP contribution >= 0.6 is 0 Å². The Balaban J connectivity index is 0. The Bertz CT molecular complexity index is 108. The number of nitrogens with two attached hydrogens (primary N) is 2. The van der Waals surface area contributed by atoms with Crippen molar-refractivity contribution >= 4 is 0 Å². The van der Waals surface area contributed by atoms with Gasteiger partial charge in [-0.25, -0.2) is 0 Å². The van der Waals surface area contributed by atoms with Crippen LogP contribution in [0.5, 0.6) is 0 Å². The van der Waals surface area contributed by atoms with Gasteiger partial charge in [0, 0.05) is 5.54 Å². The molecule has 0 aromatic carbocycles. The Hall–Kier alpha value is -0.120. The van der Waals surface area contributed by atoms with E-state index in [1.807, 2.05) is 34.6 Å². The van der Waals surface area contributed by atoms with E-state index in [0.717, 1.165) is 0 Å². The molecule has 0 bridgehead atoms. The lowest BCUT2D eigenvalue weighted by Crippen LogP contribution is -2.42. The first-order chi connectivity index (χ1) is 5.84. The molecule has 3 heteroatoms. The first-order valence-electron chi connectivity index (χ1n) is 5.00. The van der Waals surface area contributed by atoms with Gasteiger partial charge in [-0.2, -0.15) is 0 Å². The predicted octanol–water partition coefficient (Wildman–Crippen LogP) is 1.71. The molecule has 0 aromatic rings. The Morgan fingerprint density at radius 2 is 1.62 bits per heavy atom. The fourth-order valence-corrected chi connectivity index (χ4v) is 0.511. The van der Waals surface area contributed by atoms with Gasteiger partial charge in [-0.1, -0.05) is 20.8 Å². The van der Waals surface area contributed by atoms with Crippen molar-refractivity contribution < 1.29 is 4.74 Å². The minimum Gasteiger partial charge on any atom is -0.364 e. The molecule has 0 aliphatic carbocycles. The Kier molecular flexibility index (Phi) is 8.62. The molecule has 0 aromatic heterocycles. The van der Waals surface area contributed by atoms with Crippen LogP contribution in [0.1, 0.15) is 41.5 Å². The van der Waals surface area contributed by atoms with Gasteiger partial charge >= 0.3 is 0 Å². The Morgan fingerprint density at radius 1 is 1.23 bits per heavy atom. The Morgan fingerprint density at radius 3 is 1.85 bits per heavy atom. The second-order valence-corrected chi connectivity index (χ2v) is 3.76. The third-order valence-corrected chi connectivity index (χ3v) is 1.88. The van der Waals surface area contributed by atoms with E-state index in [4.69, 9.17) is 16.2 Å². The molecule has 0 fully saturated rings. The average molecular weight is 190 g/mol. The molecule has 4 N–H and O–H groups in total. The van der Waals surface area contributed by atoms with Gasteiger partial charge in [0.05, 0.1) is 6.61 Å². The zero-order chi connectivity index (χ0) is 11.1. The van der Waals surface area contributed by atoms with Gasteiger partial charge in [0.1, 0.15) is 6.23 Å². The third kappa shape index (κ3) is 9.80. The molecule has 0 spiro atoms. The van der Waals surface area contributed by atoms with Crippen molar-refractivity contribution in [3.05, 3.63) is 0 Å². The van der Waals surface area contributed by atoms with Crippen LogP contribution < -0.4 is 11.5 Å². The van der Waals surface area contributed by atoms with E-state index >= 15 is 0 Å². The standard InChI is InChI=1S/C8H20N2O.C2H6/c1-6(8(3,4)10)5-11-7(2)9;1-2/h6-7H,5,9-10H2,1-4H3;1-2H3. The first-order valence-corrected chi connectivity index (χ1v) is 5.00. The summed E-state index contributed by atoms with van der Waals surface area (Å²) >= 11 is 0. The molecule has 3 nitrogen and oxygen atoms in total. The van der Waals surface area contributed by atoms with Crippen LogP contribution in [0.4, 0.5) is 0 Å². The molecule has 82 valence electrons. The van der Waals surface area contributed by atoms with Crippen molar-refractivity contribution in [3.63, 3.8) is 0 Å². The monoisotopic (exact) mass is 190 g/mol. The SMILES string of the molecule is CC.CC(N)OCC(C)C(C)(C)N. The minimum absolute atomic E-state index is 0.186. The molecule has 0 radical (unpaired) electrons. The summed E-state index contributed by atoms with van der Waals surface area (Å²) in [5.41, 5.74) is 11.1. The zero-order valence-electron chi connectivity index (χ0n) is 9.92. The first kappa shape index (κ1) is 15.4. The lowest BCUT2D eigenvalue weighted by molar-refractivity contribution is 0.0327. The molecule has 2 unspecified atom stereocenters. The average Bonchev–Trinajstić information content (AvgIpc) is 2.02. The highest BCUT2D eigenvalue weighted by Gasteiger charge is 2.20. The molecule has 0 rings (SSSR count). The molecule has 0 amide bonds. The highest BCUT2D eigenvalue weighted by atomic mass is 16.5. The largest absolute Gasteiger partial charge is 0.364 e. The molecule has 13 heavy (non-hydrogen) atoms. The van der Waals surface area contributed by atoms with E-state index in [9.17, 15) is 0 Å². The Labute approximate surface area is 82.8 Å². The molecular weight excluding hydrogens is 164 g/mol. The highest BCUT2D eigenvalue weighted by Crippen LogP contribution is 2.12. The van der Waals surface area contributed by atoms with Crippen molar-refractivity contribution in [1.29, 1.82) is 0 Å². The summed E-state index contributed by atoms with van der Waals surface area (Å²) in [6.45, 7) is 12.5. The van der Waals surface area contributed by atoms with Gasteiger partial charge in [0.15, 0.2) is 0 Å². The topological polar surface area (TPSA) is 61.3 Å². The fourth-order valence-electron chi connectivity index (χ4n) is 0.511. The van der Waals surface area contributed by atoms with E-state index in [1.165, 1.54) is 0 Å². The van der Waals surface area contributed by atoms with Crippen molar-refractivity contribution in [2.24, 2.45) is 17.4 Å². The van der Waals surface area contributed by atoms with Crippen LogP contribution in [0.2, 0.25) is 0 Å². The van der Waals surface area contributed by atoms with Gasteiger partial charge in [0.25, 0.3) is 0 Å². The molecule has 0 heterocycles. The van der Waals surface area contributed by atoms with E-state index < -0.39 is 0 Å². The summed E-state index contributed by atoms with van der Waals surface area (Å²) in [5.74, 6) is 0.327. The summed E-state index contributed by atoms with van der Waals surface area (Å²) in [6, 6.07) is 0. The van der Waals surface area contributed by atoms with Crippen LogP contribution in [-0.4, -0.2) is 18.4 Å². The molecule has 0 aliphatic rings. The second-order valence-electron chi connectivity index (χ2n) is 3.76. The maximum atomic E-state index is 5.84. The fraction of sp³-hybridized carbons (Fsp3) is 1.00. The number of hydrogen-bond acceptors (Lipinski definition) is 3. The van der Waals surface area contributed by atoms with Crippen LogP contribution in [0, 0.1) is 5.92 Å². The van der Waals surface area contributed by atoms with Crippen molar-refractivity contribution in [3.8, 4) is 0 Å². The number of ether oxygens (including phenoxy) is 1. The molecule has 0 aliphatic heterocycles.